The van der Waals surface area contributed by atoms with Crippen molar-refractivity contribution in [2.24, 2.45) is 0 Å². The molecular formula is C27H38O4. The number of carbonyl (C=O) groups excluding carboxylic acids is 1. The molecule has 2 aromatic carbocycles. The molecule has 0 saturated carbocycles. The van der Waals surface area contributed by atoms with Gasteiger partial charge >= 0.3 is 5.97 Å². The molecule has 0 amide bonds. The first kappa shape index (κ1) is 24.8. The molecule has 0 spiro atoms. The van der Waals surface area contributed by atoms with Crippen LogP contribution in [0.4, 0.5) is 0 Å². The smallest absolute Gasteiger partial charge is 0.334 e. The van der Waals surface area contributed by atoms with Crippen molar-refractivity contribution in [1.82, 2.24) is 0 Å². The zero-order chi connectivity index (χ0) is 22.6. The van der Waals surface area contributed by atoms with E-state index in [0.29, 0.717) is 18.6 Å². The van der Waals surface area contributed by atoms with E-state index in [1.165, 1.54) is 32.1 Å². The lowest BCUT2D eigenvalue weighted by Crippen LogP contribution is -2.08. The SMILES string of the molecule is CCCCCCCCC/C(=C\c1c(C)c(OC)c2ccccc2c1OC)C(=O)OCC. The van der Waals surface area contributed by atoms with Crippen molar-refractivity contribution in [3.63, 3.8) is 0 Å². The first-order chi connectivity index (χ1) is 15.1. The second-order valence-electron chi connectivity index (χ2n) is 7.91. The van der Waals surface area contributed by atoms with Gasteiger partial charge in [0.25, 0.3) is 0 Å². The average molecular weight is 427 g/mol. The van der Waals surface area contributed by atoms with Gasteiger partial charge in [0, 0.05) is 27.5 Å². The molecular weight excluding hydrogens is 388 g/mol. The maximum atomic E-state index is 12.7. The Kier molecular flexibility index (Phi) is 10.4. The highest BCUT2D eigenvalue weighted by atomic mass is 16.5. The van der Waals surface area contributed by atoms with E-state index < -0.39 is 0 Å². The third-order valence-electron chi connectivity index (χ3n) is 5.72. The van der Waals surface area contributed by atoms with E-state index in [0.717, 1.165) is 46.2 Å². The van der Waals surface area contributed by atoms with Gasteiger partial charge in [-0.2, -0.15) is 0 Å². The molecule has 170 valence electrons. The zero-order valence-corrected chi connectivity index (χ0v) is 19.9. The minimum absolute atomic E-state index is 0.248. The van der Waals surface area contributed by atoms with Gasteiger partial charge in [-0.3, -0.25) is 0 Å². The van der Waals surface area contributed by atoms with Crippen LogP contribution < -0.4 is 9.47 Å². The summed E-state index contributed by atoms with van der Waals surface area (Å²) in [5, 5.41) is 1.97. The summed E-state index contributed by atoms with van der Waals surface area (Å²) < 4.78 is 16.9. The maximum absolute atomic E-state index is 12.7. The number of methoxy groups -OCH3 is 2. The van der Waals surface area contributed by atoms with Gasteiger partial charge in [-0.1, -0.05) is 69.7 Å². The number of hydrogen-bond donors (Lipinski definition) is 0. The van der Waals surface area contributed by atoms with Crippen molar-refractivity contribution in [3.8, 4) is 11.5 Å². The van der Waals surface area contributed by atoms with Crippen LogP contribution in [0.3, 0.4) is 0 Å². The van der Waals surface area contributed by atoms with Gasteiger partial charge in [-0.15, -0.1) is 0 Å². The third kappa shape index (κ3) is 6.49. The van der Waals surface area contributed by atoms with Crippen LogP contribution in [0, 0.1) is 6.92 Å². The highest BCUT2D eigenvalue weighted by Crippen LogP contribution is 2.41. The molecule has 2 rings (SSSR count). The Morgan fingerprint density at radius 2 is 1.45 bits per heavy atom. The summed E-state index contributed by atoms with van der Waals surface area (Å²) in [6, 6.07) is 8.03. The van der Waals surface area contributed by atoms with E-state index in [9.17, 15) is 4.79 Å². The number of ether oxygens (including phenoxy) is 3. The summed E-state index contributed by atoms with van der Waals surface area (Å²) in [4.78, 5) is 12.7. The first-order valence-electron chi connectivity index (χ1n) is 11.6. The molecule has 0 fully saturated rings. The van der Waals surface area contributed by atoms with Crippen LogP contribution in [0.2, 0.25) is 0 Å². The number of unbranched alkanes of at least 4 members (excludes halogenated alkanes) is 6. The van der Waals surface area contributed by atoms with Crippen LogP contribution in [-0.4, -0.2) is 26.8 Å². The normalized spacial score (nSPS) is 11.6. The fraction of sp³-hybridized carbons (Fsp3) is 0.519. The van der Waals surface area contributed by atoms with Crippen LogP contribution in [0.1, 0.15) is 76.3 Å². The maximum Gasteiger partial charge on any atom is 0.334 e. The van der Waals surface area contributed by atoms with Crippen molar-refractivity contribution < 1.29 is 19.0 Å². The zero-order valence-electron chi connectivity index (χ0n) is 19.9. The Labute approximate surface area is 187 Å². The summed E-state index contributed by atoms with van der Waals surface area (Å²) in [6.07, 6.45) is 11.1. The van der Waals surface area contributed by atoms with Gasteiger partial charge in [0.2, 0.25) is 0 Å². The van der Waals surface area contributed by atoms with E-state index in [-0.39, 0.29) is 5.97 Å². The molecule has 2 aromatic rings. The lowest BCUT2D eigenvalue weighted by atomic mass is 9.95. The fourth-order valence-electron chi connectivity index (χ4n) is 4.08. The van der Waals surface area contributed by atoms with Gasteiger partial charge in [0.15, 0.2) is 0 Å². The molecule has 4 heteroatoms. The molecule has 31 heavy (non-hydrogen) atoms. The highest BCUT2D eigenvalue weighted by molar-refractivity contribution is 6.01. The summed E-state index contributed by atoms with van der Waals surface area (Å²) in [5.74, 6) is 1.32. The van der Waals surface area contributed by atoms with E-state index in [1.807, 2.05) is 44.2 Å². The number of hydrogen-bond acceptors (Lipinski definition) is 4. The van der Waals surface area contributed by atoms with Crippen molar-refractivity contribution in [2.45, 2.75) is 72.1 Å². The van der Waals surface area contributed by atoms with E-state index in [2.05, 4.69) is 6.92 Å². The van der Waals surface area contributed by atoms with Crippen LogP contribution in [0.15, 0.2) is 29.8 Å². The van der Waals surface area contributed by atoms with Crippen LogP contribution >= 0.6 is 0 Å². The van der Waals surface area contributed by atoms with Crippen molar-refractivity contribution >= 4 is 22.8 Å². The molecule has 0 N–H and O–H groups in total. The Balaban J connectivity index is 2.37. The topological polar surface area (TPSA) is 44.8 Å². The molecule has 0 bridgehead atoms. The van der Waals surface area contributed by atoms with Crippen LogP contribution in [-0.2, 0) is 9.53 Å². The molecule has 0 unspecified atom stereocenters. The number of benzene rings is 2. The van der Waals surface area contributed by atoms with E-state index in [4.69, 9.17) is 14.2 Å². The van der Waals surface area contributed by atoms with Gasteiger partial charge in [0.1, 0.15) is 11.5 Å². The standard InChI is InChI=1S/C27H38O4/c1-6-8-9-10-11-12-13-16-21(27(28)31-7-2)19-24-20(3)25(29-4)22-17-14-15-18-23(22)26(24)30-5/h14-15,17-19H,6-13,16H2,1-5H3/b21-19+. The second kappa shape index (κ2) is 13.0. The summed E-state index contributed by atoms with van der Waals surface area (Å²) in [6.45, 7) is 6.45. The first-order valence-corrected chi connectivity index (χ1v) is 11.6. The minimum atomic E-state index is -0.248. The largest absolute Gasteiger partial charge is 0.496 e. The molecule has 0 aliphatic rings. The number of carbonyl (C=O) groups is 1. The van der Waals surface area contributed by atoms with Gasteiger partial charge in [-0.05, 0) is 32.8 Å². The Morgan fingerprint density at radius 3 is 2.03 bits per heavy atom. The quantitative estimate of drug-likeness (QED) is 0.192. The molecule has 0 aromatic heterocycles. The van der Waals surface area contributed by atoms with Crippen LogP contribution in [0.5, 0.6) is 11.5 Å². The number of rotatable bonds is 13. The fourth-order valence-corrected chi connectivity index (χ4v) is 4.08. The molecule has 0 radical (unpaired) electrons. The summed E-state index contributed by atoms with van der Waals surface area (Å²) in [5.41, 5.74) is 2.53. The number of fused-ring (bicyclic) bond motifs is 1. The highest BCUT2D eigenvalue weighted by Gasteiger charge is 2.19. The van der Waals surface area contributed by atoms with E-state index in [1.54, 1.807) is 14.2 Å². The number of esters is 1. The lowest BCUT2D eigenvalue weighted by molar-refractivity contribution is -0.138. The lowest BCUT2D eigenvalue weighted by Gasteiger charge is -2.18. The predicted molar refractivity (Wildman–Crippen MR) is 129 cm³/mol. The molecule has 0 heterocycles. The average Bonchev–Trinajstić information content (AvgIpc) is 2.78. The Hall–Kier alpha value is -2.49. The monoisotopic (exact) mass is 426 g/mol. The van der Waals surface area contributed by atoms with Crippen molar-refractivity contribution in [3.05, 3.63) is 41.0 Å². The van der Waals surface area contributed by atoms with Gasteiger partial charge in [0.05, 0.1) is 20.8 Å². The Morgan fingerprint density at radius 1 is 0.871 bits per heavy atom. The minimum Gasteiger partial charge on any atom is -0.496 e. The van der Waals surface area contributed by atoms with Gasteiger partial charge in [-0.25, -0.2) is 4.79 Å². The molecule has 0 aliphatic heterocycles. The Bertz CT molecular complexity index is 882. The summed E-state index contributed by atoms with van der Waals surface area (Å²) >= 11 is 0. The summed E-state index contributed by atoms with van der Waals surface area (Å²) in [7, 11) is 3.35. The molecule has 0 atom stereocenters. The van der Waals surface area contributed by atoms with E-state index >= 15 is 0 Å². The molecule has 0 saturated heterocycles. The van der Waals surface area contributed by atoms with Crippen molar-refractivity contribution in [2.75, 3.05) is 20.8 Å². The molecule has 4 nitrogen and oxygen atoms in total. The predicted octanol–water partition coefficient (Wildman–Crippen LogP) is 7.25. The molecule has 0 aliphatic carbocycles. The van der Waals surface area contributed by atoms with Gasteiger partial charge < -0.3 is 14.2 Å². The second-order valence-corrected chi connectivity index (χ2v) is 7.91. The van der Waals surface area contributed by atoms with Crippen LogP contribution in [0.25, 0.3) is 16.8 Å². The third-order valence-corrected chi connectivity index (χ3v) is 5.72. The van der Waals surface area contributed by atoms with Crippen molar-refractivity contribution in [1.29, 1.82) is 0 Å².